The maximum absolute atomic E-state index is 7.46. The number of nitrogens with zero attached hydrogens (tertiary/aromatic N) is 2. The number of aromatic nitrogens is 2. The number of nitrogens with one attached hydrogen (secondary N) is 1. The molecule has 2 aromatic heterocycles. The summed E-state index contributed by atoms with van der Waals surface area (Å²) in [5.74, 6) is 0. The number of pyridine rings is 2. The molecule has 0 saturated carbocycles. The van der Waals surface area contributed by atoms with Crippen LogP contribution in [0.25, 0.3) is 11.0 Å². The van der Waals surface area contributed by atoms with E-state index in [4.69, 9.17) is 5.73 Å². The molecular formula is C8H6N3. The van der Waals surface area contributed by atoms with Crippen LogP contribution in [0, 0.1) is 0 Å². The van der Waals surface area contributed by atoms with Crippen LogP contribution >= 0.6 is 0 Å². The molecule has 2 aromatic rings. The average molecular weight is 144 g/mol. The first-order valence-electron chi connectivity index (χ1n) is 3.29. The molecule has 0 aliphatic rings. The minimum absolute atomic E-state index is 0.426. The van der Waals surface area contributed by atoms with E-state index in [1.165, 1.54) is 0 Å². The number of hydrogen-bond acceptors (Lipinski definition) is 2. The number of hydrogen-bond donors (Lipinski definition) is 0. The van der Waals surface area contributed by atoms with E-state index in [9.17, 15) is 0 Å². The van der Waals surface area contributed by atoms with Crippen molar-refractivity contribution < 1.29 is 0 Å². The summed E-state index contributed by atoms with van der Waals surface area (Å²) in [5, 5.41) is 0. The first kappa shape index (κ1) is 6.09. The minimum Gasteiger partial charge on any atom is -0.298 e. The van der Waals surface area contributed by atoms with Gasteiger partial charge in [-0.1, -0.05) is 0 Å². The van der Waals surface area contributed by atoms with E-state index in [0.717, 1.165) is 5.52 Å². The van der Waals surface area contributed by atoms with Crippen molar-refractivity contribution in [3.05, 3.63) is 30.6 Å². The van der Waals surface area contributed by atoms with Crippen molar-refractivity contribution in [3.8, 4) is 0 Å². The number of rotatable bonds is 0. The second kappa shape index (κ2) is 2.20. The predicted molar refractivity (Wildman–Crippen MR) is 42.3 cm³/mol. The monoisotopic (exact) mass is 144 g/mol. The van der Waals surface area contributed by atoms with E-state index >= 15 is 0 Å². The van der Waals surface area contributed by atoms with Gasteiger partial charge in [-0.2, -0.15) is 0 Å². The lowest BCUT2D eigenvalue weighted by molar-refractivity contribution is 1.31. The zero-order valence-electron chi connectivity index (χ0n) is 5.78. The smallest absolute Gasteiger partial charge is 0.114 e. The predicted octanol–water partition coefficient (Wildman–Crippen LogP) is 1.54. The van der Waals surface area contributed by atoms with Crippen molar-refractivity contribution in [3.63, 3.8) is 0 Å². The quantitative estimate of drug-likeness (QED) is 0.563. The lowest BCUT2D eigenvalue weighted by Gasteiger charge is -1.95. The Morgan fingerprint density at radius 1 is 1.09 bits per heavy atom. The lowest BCUT2D eigenvalue weighted by Crippen LogP contribution is -1.82. The summed E-state index contributed by atoms with van der Waals surface area (Å²) >= 11 is 0. The zero-order valence-corrected chi connectivity index (χ0v) is 5.78. The van der Waals surface area contributed by atoms with Gasteiger partial charge in [0.1, 0.15) is 5.52 Å². The third kappa shape index (κ3) is 0.902. The van der Waals surface area contributed by atoms with Crippen molar-refractivity contribution >= 4 is 16.7 Å². The molecule has 3 nitrogen and oxygen atoms in total. The molecular weight excluding hydrogens is 138 g/mol. The Morgan fingerprint density at radius 3 is 2.82 bits per heavy atom. The molecule has 3 heteroatoms. The van der Waals surface area contributed by atoms with E-state index in [1.807, 2.05) is 12.1 Å². The molecule has 0 fully saturated rings. The van der Waals surface area contributed by atoms with Crippen molar-refractivity contribution in [2.45, 2.75) is 0 Å². The van der Waals surface area contributed by atoms with Crippen LogP contribution in [0.15, 0.2) is 30.6 Å². The van der Waals surface area contributed by atoms with Crippen LogP contribution < -0.4 is 5.73 Å². The molecule has 1 radical (unpaired) electrons. The minimum atomic E-state index is 0.426. The molecule has 0 aromatic carbocycles. The Balaban J connectivity index is 2.91. The molecule has 53 valence electrons. The first-order chi connectivity index (χ1) is 5.38. The average Bonchev–Trinajstić information content (AvgIpc) is 2.06. The summed E-state index contributed by atoms with van der Waals surface area (Å²) in [4.78, 5) is 8.09. The maximum atomic E-state index is 7.46. The van der Waals surface area contributed by atoms with Crippen molar-refractivity contribution in [2.75, 3.05) is 0 Å². The van der Waals surface area contributed by atoms with Crippen LogP contribution in [0.5, 0.6) is 0 Å². The Morgan fingerprint density at radius 2 is 2.00 bits per heavy atom. The standard InChI is InChI=1S/C8H6N3/c9-6-3-5-10-7-2-1-4-11-8(6)7/h1-5,9H. The summed E-state index contributed by atoms with van der Waals surface area (Å²) in [5.41, 5.74) is 9.33. The molecule has 0 unspecified atom stereocenters. The molecule has 2 heterocycles. The Hall–Kier alpha value is -1.64. The van der Waals surface area contributed by atoms with Gasteiger partial charge in [0.2, 0.25) is 0 Å². The third-order valence-corrected chi connectivity index (χ3v) is 1.50. The van der Waals surface area contributed by atoms with E-state index in [0.29, 0.717) is 11.2 Å². The highest BCUT2D eigenvalue weighted by molar-refractivity contribution is 5.84. The zero-order chi connectivity index (χ0) is 7.68. The van der Waals surface area contributed by atoms with E-state index in [1.54, 1.807) is 18.5 Å². The van der Waals surface area contributed by atoms with Gasteiger partial charge < -0.3 is 0 Å². The van der Waals surface area contributed by atoms with Gasteiger partial charge in [-0.05, 0) is 18.2 Å². The molecule has 0 spiro atoms. The number of fused-ring (bicyclic) bond motifs is 1. The molecule has 0 bridgehead atoms. The molecule has 1 N–H and O–H groups in total. The van der Waals surface area contributed by atoms with Gasteiger partial charge in [-0.15, -0.1) is 0 Å². The molecule has 11 heavy (non-hydrogen) atoms. The molecule has 0 aliphatic heterocycles. The molecule has 0 saturated heterocycles. The van der Waals surface area contributed by atoms with Crippen molar-refractivity contribution in [1.29, 1.82) is 0 Å². The van der Waals surface area contributed by atoms with Gasteiger partial charge in [-0.25, -0.2) is 0 Å². The van der Waals surface area contributed by atoms with Gasteiger partial charge in [0.05, 0.1) is 11.2 Å². The van der Waals surface area contributed by atoms with E-state index in [-0.39, 0.29) is 0 Å². The largest absolute Gasteiger partial charge is 0.298 e. The molecule has 2 rings (SSSR count). The highest BCUT2D eigenvalue weighted by Crippen LogP contribution is 2.15. The Kier molecular flexibility index (Phi) is 1.22. The fourth-order valence-corrected chi connectivity index (χ4v) is 0.980. The van der Waals surface area contributed by atoms with Crippen molar-refractivity contribution in [1.82, 2.24) is 15.7 Å². The van der Waals surface area contributed by atoms with Crippen LogP contribution in [0.4, 0.5) is 5.69 Å². The van der Waals surface area contributed by atoms with Gasteiger partial charge >= 0.3 is 0 Å². The van der Waals surface area contributed by atoms with Crippen LogP contribution in [0.3, 0.4) is 0 Å². The van der Waals surface area contributed by atoms with Gasteiger partial charge in [0, 0.05) is 12.4 Å². The fraction of sp³-hybridized carbons (Fsp3) is 0. The summed E-state index contributed by atoms with van der Waals surface area (Å²) in [7, 11) is 0. The summed E-state index contributed by atoms with van der Waals surface area (Å²) in [6, 6.07) is 5.30. The molecule has 0 atom stereocenters. The normalized spacial score (nSPS) is 10.2. The SMILES string of the molecule is [NH]c1ccnc2cccnc12. The lowest BCUT2D eigenvalue weighted by atomic mass is 10.3. The molecule has 0 amide bonds. The summed E-state index contributed by atoms with van der Waals surface area (Å²) in [6.07, 6.45) is 3.29. The van der Waals surface area contributed by atoms with Crippen LogP contribution in [-0.2, 0) is 0 Å². The van der Waals surface area contributed by atoms with Crippen molar-refractivity contribution in [2.24, 2.45) is 0 Å². The topological polar surface area (TPSA) is 49.6 Å². The summed E-state index contributed by atoms with van der Waals surface area (Å²) in [6.45, 7) is 0. The highest BCUT2D eigenvalue weighted by atomic mass is 14.8. The molecule has 0 aliphatic carbocycles. The maximum Gasteiger partial charge on any atom is 0.114 e. The summed E-state index contributed by atoms with van der Waals surface area (Å²) < 4.78 is 0. The van der Waals surface area contributed by atoms with E-state index < -0.39 is 0 Å². The van der Waals surface area contributed by atoms with E-state index in [2.05, 4.69) is 9.97 Å². The highest BCUT2D eigenvalue weighted by Gasteiger charge is 1.96. The second-order valence-corrected chi connectivity index (χ2v) is 2.23. The first-order valence-corrected chi connectivity index (χ1v) is 3.29. The van der Waals surface area contributed by atoms with Crippen LogP contribution in [0.2, 0.25) is 0 Å². The Labute approximate surface area is 63.9 Å². The van der Waals surface area contributed by atoms with Crippen LogP contribution in [-0.4, -0.2) is 9.97 Å². The van der Waals surface area contributed by atoms with Gasteiger partial charge in [-0.3, -0.25) is 15.7 Å². The third-order valence-electron chi connectivity index (χ3n) is 1.50. The van der Waals surface area contributed by atoms with Gasteiger partial charge in [0.25, 0.3) is 0 Å². The Bertz CT molecular complexity index is 378. The van der Waals surface area contributed by atoms with Gasteiger partial charge in [0.15, 0.2) is 0 Å². The van der Waals surface area contributed by atoms with Crippen LogP contribution in [0.1, 0.15) is 0 Å². The fourth-order valence-electron chi connectivity index (χ4n) is 0.980. The second-order valence-electron chi connectivity index (χ2n) is 2.23.